The average molecular weight is 334 g/mol. The van der Waals surface area contributed by atoms with Gasteiger partial charge in [0.15, 0.2) is 0 Å². The molecule has 0 aromatic carbocycles. The number of amides is 2. The number of piperazine rings is 1. The van der Waals surface area contributed by atoms with Crippen LogP contribution in [0.5, 0.6) is 0 Å². The molecule has 2 aromatic heterocycles. The number of urea groups is 1. The number of carbonyl (C=O) groups excluding carboxylic acids is 1. The van der Waals surface area contributed by atoms with Crippen molar-refractivity contribution in [3.05, 3.63) is 35.0 Å². The number of aromatic nitrogens is 3. The highest BCUT2D eigenvalue weighted by atomic mass is 32.1. The fraction of sp³-hybridized carbons (Fsp3) is 0.533. The third-order valence-corrected chi connectivity index (χ3v) is 4.78. The van der Waals surface area contributed by atoms with Gasteiger partial charge in [-0.1, -0.05) is 6.07 Å². The number of nitrogens with one attached hydrogen (secondary N) is 1. The van der Waals surface area contributed by atoms with E-state index in [1.54, 1.807) is 22.3 Å². The Balaban J connectivity index is 1.41. The van der Waals surface area contributed by atoms with Crippen LogP contribution in [0.3, 0.4) is 0 Å². The lowest BCUT2D eigenvalue weighted by Crippen LogP contribution is -2.53. The van der Waals surface area contributed by atoms with Gasteiger partial charge < -0.3 is 10.2 Å². The van der Waals surface area contributed by atoms with E-state index in [1.807, 2.05) is 11.8 Å². The summed E-state index contributed by atoms with van der Waals surface area (Å²) in [6.45, 7) is 6.97. The lowest BCUT2D eigenvalue weighted by atomic mass is 10.3. The number of hydrogen-bond acceptors (Lipinski definition) is 5. The summed E-state index contributed by atoms with van der Waals surface area (Å²) in [5, 5.41) is 9.19. The summed E-state index contributed by atoms with van der Waals surface area (Å²) >= 11 is 1.79. The first kappa shape index (κ1) is 15.9. The van der Waals surface area contributed by atoms with Gasteiger partial charge in [0.2, 0.25) is 0 Å². The molecule has 8 heteroatoms. The van der Waals surface area contributed by atoms with Crippen LogP contribution in [0.1, 0.15) is 11.8 Å². The lowest BCUT2D eigenvalue weighted by molar-refractivity contribution is 0.133. The van der Waals surface area contributed by atoms with Gasteiger partial charge in [-0.15, -0.1) is 11.3 Å². The highest BCUT2D eigenvalue weighted by Gasteiger charge is 2.22. The first-order valence-corrected chi connectivity index (χ1v) is 8.71. The van der Waals surface area contributed by atoms with Crippen molar-refractivity contribution >= 4 is 17.4 Å². The van der Waals surface area contributed by atoms with Gasteiger partial charge in [-0.3, -0.25) is 9.58 Å². The predicted molar refractivity (Wildman–Crippen MR) is 89.2 cm³/mol. The summed E-state index contributed by atoms with van der Waals surface area (Å²) in [4.78, 5) is 21.9. The minimum absolute atomic E-state index is 0.00777. The molecule has 0 spiro atoms. The maximum absolute atomic E-state index is 12.3. The average Bonchev–Trinajstić information content (AvgIpc) is 3.21. The smallest absolute Gasteiger partial charge is 0.317 e. The summed E-state index contributed by atoms with van der Waals surface area (Å²) in [6.07, 6.45) is 3.16. The molecule has 1 aliphatic rings. The fourth-order valence-electron chi connectivity index (χ4n) is 2.69. The largest absolute Gasteiger partial charge is 0.334 e. The molecule has 1 N–H and O–H groups in total. The number of carbonyl (C=O) groups is 1. The Morgan fingerprint density at radius 2 is 2.22 bits per heavy atom. The van der Waals surface area contributed by atoms with Gasteiger partial charge in [0.25, 0.3) is 0 Å². The number of hydrogen-bond donors (Lipinski definition) is 1. The second kappa shape index (κ2) is 7.56. The third-order valence-electron chi connectivity index (χ3n) is 3.92. The molecule has 2 amide bonds. The van der Waals surface area contributed by atoms with Gasteiger partial charge in [-0.25, -0.2) is 9.78 Å². The predicted octanol–water partition coefficient (Wildman–Crippen LogP) is 1.26. The van der Waals surface area contributed by atoms with E-state index in [1.165, 1.54) is 11.2 Å². The summed E-state index contributed by atoms with van der Waals surface area (Å²) in [5.74, 6) is 0. The fourth-order valence-corrected chi connectivity index (χ4v) is 3.43. The zero-order valence-corrected chi connectivity index (χ0v) is 14.1. The lowest BCUT2D eigenvalue weighted by Gasteiger charge is -2.35. The Bertz CT molecular complexity index is 592. The molecule has 124 valence electrons. The molecule has 3 rings (SSSR count). The van der Waals surface area contributed by atoms with Crippen molar-refractivity contribution in [1.29, 1.82) is 0 Å². The maximum Gasteiger partial charge on any atom is 0.317 e. The molecule has 2 aromatic rings. The van der Waals surface area contributed by atoms with Gasteiger partial charge >= 0.3 is 6.03 Å². The van der Waals surface area contributed by atoms with E-state index in [4.69, 9.17) is 0 Å². The van der Waals surface area contributed by atoms with Crippen molar-refractivity contribution in [1.82, 2.24) is 29.9 Å². The van der Waals surface area contributed by atoms with Crippen LogP contribution in [0.4, 0.5) is 4.79 Å². The first-order chi connectivity index (χ1) is 11.2. The monoisotopic (exact) mass is 334 g/mol. The summed E-state index contributed by atoms with van der Waals surface area (Å²) in [6, 6.07) is 4.28. The first-order valence-electron chi connectivity index (χ1n) is 7.83. The molecule has 3 heterocycles. The zero-order valence-electron chi connectivity index (χ0n) is 13.3. The molecule has 1 aliphatic heterocycles. The van der Waals surface area contributed by atoms with Crippen LogP contribution in [0.15, 0.2) is 30.2 Å². The quantitative estimate of drug-likeness (QED) is 0.894. The molecular weight excluding hydrogens is 312 g/mol. The van der Waals surface area contributed by atoms with Gasteiger partial charge in [0.05, 0.1) is 6.54 Å². The highest BCUT2D eigenvalue weighted by molar-refractivity contribution is 7.09. The van der Waals surface area contributed by atoms with Gasteiger partial charge in [0.1, 0.15) is 12.7 Å². The Morgan fingerprint density at radius 1 is 1.39 bits per heavy atom. The van der Waals surface area contributed by atoms with Crippen molar-refractivity contribution < 1.29 is 4.79 Å². The summed E-state index contributed by atoms with van der Waals surface area (Å²) in [7, 11) is 0. The number of nitrogens with zero attached hydrogens (tertiary/aromatic N) is 5. The van der Waals surface area contributed by atoms with Crippen LogP contribution in [0.25, 0.3) is 0 Å². The van der Waals surface area contributed by atoms with Crippen LogP contribution < -0.4 is 5.32 Å². The van der Waals surface area contributed by atoms with E-state index >= 15 is 0 Å². The molecule has 23 heavy (non-hydrogen) atoms. The minimum atomic E-state index is 0.00777. The van der Waals surface area contributed by atoms with Crippen LogP contribution in [-0.4, -0.2) is 62.8 Å². The molecule has 1 saturated heterocycles. The molecule has 0 radical (unpaired) electrons. The van der Waals surface area contributed by atoms with Gasteiger partial charge in [0, 0.05) is 43.6 Å². The molecule has 7 nitrogen and oxygen atoms in total. The van der Waals surface area contributed by atoms with E-state index in [2.05, 4.69) is 37.8 Å². The van der Waals surface area contributed by atoms with Crippen molar-refractivity contribution in [2.45, 2.75) is 26.1 Å². The van der Waals surface area contributed by atoms with E-state index in [0.717, 1.165) is 32.7 Å². The van der Waals surface area contributed by atoms with Crippen LogP contribution in [0.2, 0.25) is 0 Å². The third kappa shape index (κ3) is 4.52. The minimum Gasteiger partial charge on any atom is -0.334 e. The summed E-state index contributed by atoms with van der Waals surface area (Å²) in [5.41, 5.74) is 0. The van der Waals surface area contributed by atoms with Crippen molar-refractivity contribution in [3.63, 3.8) is 0 Å². The van der Waals surface area contributed by atoms with Crippen molar-refractivity contribution in [2.24, 2.45) is 0 Å². The Morgan fingerprint density at radius 3 is 2.87 bits per heavy atom. The zero-order chi connectivity index (χ0) is 16.1. The summed E-state index contributed by atoms with van der Waals surface area (Å²) < 4.78 is 1.73. The Labute approximate surface area is 139 Å². The second-order valence-corrected chi connectivity index (χ2v) is 6.84. The molecule has 0 saturated carbocycles. The van der Waals surface area contributed by atoms with Crippen molar-refractivity contribution in [2.75, 3.05) is 26.2 Å². The van der Waals surface area contributed by atoms with Crippen LogP contribution in [-0.2, 0) is 13.1 Å². The molecule has 0 aliphatic carbocycles. The van der Waals surface area contributed by atoms with Gasteiger partial charge in [-0.05, 0) is 18.4 Å². The van der Waals surface area contributed by atoms with Crippen LogP contribution >= 0.6 is 11.3 Å². The Hall–Kier alpha value is -1.93. The standard InChI is InChI=1S/C15H22N6OS/c1-13(9-21-12-16-11-17-21)18-15(22)20-6-4-19(5-7-20)10-14-3-2-8-23-14/h2-3,8,11-13H,4-7,9-10H2,1H3,(H,18,22). The van der Waals surface area contributed by atoms with E-state index in [0.29, 0.717) is 6.54 Å². The SMILES string of the molecule is CC(Cn1cncn1)NC(=O)N1CCN(Cc2cccs2)CC1. The molecule has 1 unspecified atom stereocenters. The Kier molecular flexibility index (Phi) is 5.24. The number of rotatable bonds is 5. The molecule has 1 fully saturated rings. The normalized spacial score (nSPS) is 17.2. The van der Waals surface area contributed by atoms with Crippen LogP contribution in [0, 0.1) is 0 Å². The number of thiophene rings is 1. The maximum atomic E-state index is 12.3. The van der Waals surface area contributed by atoms with Gasteiger partial charge in [-0.2, -0.15) is 5.10 Å². The van der Waals surface area contributed by atoms with Crippen molar-refractivity contribution in [3.8, 4) is 0 Å². The highest BCUT2D eigenvalue weighted by Crippen LogP contribution is 2.13. The van der Waals surface area contributed by atoms with E-state index in [-0.39, 0.29) is 12.1 Å². The molecular formula is C15H22N6OS. The van der Waals surface area contributed by atoms with E-state index < -0.39 is 0 Å². The topological polar surface area (TPSA) is 66.3 Å². The second-order valence-electron chi connectivity index (χ2n) is 5.81. The van der Waals surface area contributed by atoms with E-state index in [9.17, 15) is 4.79 Å². The molecule has 1 atom stereocenters. The molecule has 0 bridgehead atoms.